The summed E-state index contributed by atoms with van der Waals surface area (Å²) >= 11 is 0. The van der Waals surface area contributed by atoms with Gasteiger partial charge in [-0.15, -0.1) is 0 Å². The molecular weight excluding hydrogens is 218 g/mol. The van der Waals surface area contributed by atoms with E-state index in [2.05, 4.69) is 9.98 Å². The van der Waals surface area contributed by atoms with Gasteiger partial charge in [0.25, 0.3) is 0 Å². The van der Waals surface area contributed by atoms with Crippen molar-refractivity contribution in [2.75, 3.05) is 6.54 Å². The fraction of sp³-hybridized carbons (Fsp3) is 0.545. The number of hydrogen-bond donors (Lipinski definition) is 1. The molecule has 6 nitrogen and oxygen atoms in total. The molecule has 90 valence electrons. The summed E-state index contributed by atoms with van der Waals surface area (Å²) in [5.74, 6) is 0.995. The van der Waals surface area contributed by atoms with Gasteiger partial charge < -0.3 is 15.2 Å². The smallest absolute Gasteiger partial charge is 0.346 e. The van der Waals surface area contributed by atoms with E-state index in [4.69, 9.17) is 5.73 Å². The lowest BCUT2D eigenvalue weighted by Crippen LogP contribution is -2.35. The van der Waals surface area contributed by atoms with Crippen LogP contribution in [0.15, 0.2) is 17.5 Å². The van der Waals surface area contributed by atoms with E-state index in [1.54, 1.807) is 17.4 Å². The van der Waals surface area contributed by atoms with Gasteiger partial charge in [-0.2, -0.15) is 4.99 Å². The molecule has 1 aliphatic heterocycles. The van der Waals surface area contributed by atoms with Gasteiger partial charge in [-0.1, -0.05) is 0 Å². The van der Waals surface area contributed by atoms with E-state index >= 15 is 0 Å². The number of rotatable bonds is 3. The summed E-state index contributed by atoms with van der Waals surface area (Å²) in [5, 5.41) is 0. The monoisotopic (exact) mass is 233 g/mol. The number of amides is 2. The maximum Gasteiger partial charge on any atom is 0.346 e. The molecule has 1 unspecified atom stereocenters. The van der Waals surface area contributed by atoms with Gasteiger partial charge in [0.15, 0.2) is 0 Å². The Morgan fingerprint density at radius 3 is 2.88 bits per heavy atom. The molecule has 1 aromatic heterocycles. The van der Waals surface area contributed by atoms with Crippen molar-refractivity contribution in [2.45, 2.75) is 18.9 Å². The summed E-state index contributed by atoms with van der Waals surface area (Å²) in [6.07, 6.45) is 5.84. The zero-order valence-corrected chi connectivity index (χ0v) is 9.71. The van der Waals surface area contributed by atoms with Crippen LogP contribution in [-0.2, 0) is 7.05 Å². The molecule has 2 N–H and O–H groups in total. The van der Waals surface area contributed by atoms with Crippen LogP contribution in [-0.4, -0.2) is 32.9 Å². The summed E-state index contributed by atoms with van der Waals surface area (Å²) in [6, 6.07) is -0.462. The van der Waals surface area contributed by atoms with Gasteiger partial charge in [0.2, 0.25) is 0 Å². The number of carbonyl (C=O) groups excluding carboxylic acids is 1. The first-order chi connectivity index (χ1) is 8.16. The largest absolute Gasteiger partial charge is 0.385 e. The Bertz CT molecular complexity index is 488. The standard InChI is InChI=1S/C11H15N5O/c1-15-6-13-4-8(15)9-10(12)14-11(17)16(9)5-7-2-3-7/h4,6-7,9H,2-3,5H2,1H3,(H2,12,14,17). The van der Waals surface area contributed by atoms with Crippen molar-refractivity contribution in [3.05, 3.63) is 18.2 Å². The maximum absolute atomic E-state index is 11.8. The highest BCUT2D eigenvalue weighted by Crippen LogP contribution is 2.35. The second kappa shape index (κ2) is 3.58. The van der Waals surface area contributed by atoms with Crippen molar-refractivity contribution in [3.8, 4) is 0 Å². The molecule has 0 aromatic carbocycles. The number of amidine groups is 1. The lowest BCUT2D eigenvalue weighted by Gasteiger charge is -2.24. The van der Waals surface area contributed by atoms with Crippen LogP contribution in [0.5, 0.6) is 0 Å². The van der Waals surface area contributed by atoms with Gasteiger partial charge in [0.1, 0.15) is 11.9 Å². The van der Waals surface area contributed by atoms with Gasteiger partial charge in [-0.3, -0.25) is 0 Å². The third-order valence-electron chi connectivity index (χ3n) is 3.35. The highest BCUT2D eigenvalue weighted by atomic mass is 16.2. The van der Waals surface area contributed by atoms with Crippen LogP contribution in [0.4, 0.5) is 4.79 Å². The molecule has 3 rings (SSSR count). The summed E-state index contributed by atoms with van der Waals surface area (Å²) in [6.45, 7) is 0.749. The molecule has 2 aliphatic rings. The first kappa shape index (κ1) is 10.3. The average molecular weight is 233 g/mol. The Balaban J connectivity index is 1.91. The van der Waals surface area contributed by atoms with E-state index in [0.29, 0.717) is 11.8 Å². The topological polar surface area (TPSA) is 76.5 Å². The second-order valence-corrected chi connectivity index (χ2v) is 4.75. The fourth-order valence-electron chi connectivity index (χ4n) is 2.21. The number of aryl methyl sites for hydroxylation is 1. The van der Waals surface area contributed by atoms with Gasteiger partial charge in [-0.05, 0) is 18.8 Å². The molecule has 1 saturated carbocycles. The summed E-state index contributed by atoms with van der Waals surface area (Å²) in [4.78, 5) is 21.5. The molecule has 0 saturated heterocycles. The molecule has 17 heavy (non-hydrogen) atoms. The molecule has 2 heterocycles. The average Bonchev–Trinajstić information content (AvgIpc) is 2.93. The zero-order chi connectivity index (χ0) is 12.0. The normalized spacial score (nSPS) is 24.3. The third-order valence-corrected chi connectivity index (χ3v) is 3.35. The van der Waals surface area contributed by atoms with Crippen molar-refractivity contribution in [3.63, 3.8) is 0 Å². The Kier molecular flexibility index (Phi) is 2.17. The quantitative estimate of drug-likeness (QED) is 0.833. The minimum Gasteiger partial charge on any atom is -0.385 e. The third kappa shape index (κ3) is 1.69. The van der Waals surface area contributed by atoms with Crippen LogP contribution in [0.3, 0.4) is 0 Å². The number of imidazole rings is 1. The Morgan fingerprint density at radius 1 is 1.53 bits per heavy atom. The number of nitrogens with zero attached hydrogens (tertiary/aromatic N) is 4. The van der Waals surface area contributed by atoms with Gasteiger partial charge >= 0.3 is 6.03 Å². The Labute approximate surface area is 99.1 Å². The predicted octanol–water partition coefficient (Wildman–Crippen LogP) is 0.664. The highest BCUT2D eigenvalue weighted by molar-refractivity contribution is 6.03. The molecule has 0 spiro atoms. The molecule has 1 aliphatic carbocycles. The van der Waals surface area contributed by atoms with Crippen LogP contribution in [0.25, 0.3) is 0 Å². The van der Waals surface area contributed by atoms with E-state index in [-0.39, 0.29) is 12.1 Å². The van der Waals surface area contributed by atoms with Gasteiger partial charge in [-0.25, -0.2) is 9.78 Å². The lowest BCUT2D eigenvalue weighted by molar-refractivity contribution is 0.202. The zero-order valence-electron chi connectivity index (χ0n) is 9.71. The minimum absolute atomic E-state index is 0.222. The van der Waals surface area contributed by atoms with Crippen molar-refractivity contribution >= 4 is 11.9 Å². The first-order valence-electron chi connectivity index (χ1n) is 5.77. The molecule has 1 fully saturated rings. The van der Waals surface area contributed by atoms with Crippen molar-refractivity contribution in [1.82, 2.24) is 14.5 Å². The van der Waals surface area contributed by atoms with Crippen molar-refractivity contribution in [1.29, 1.82) is 0 Å². The number of nitrogens with two attached hydrogens (primary N) is 1. The van der Waals surface area contributed by atoms with E-state index < -0.39 is 0 Å². The van der Waals surface area contributed by atoms with Gasteiger partial charge in [0.05, 0.1) is 18.2 Å². The molecule has 1 atom stereocenters. The Morgan fingerprint density at radius 2 is 2.29 bits per heavy atom. The molecular formula is C11H15N5O. The molecule has 2 amide bonds. The SMILES string of the molecule is Cn1cncc1C1C(N)=NC(=O)N1CC1CC1. The number of aliphatic imine (C=N–C) groups is 1. The number of carbonyl (C=O) groups is 1. The maximum atomic E-state index is 11.8. The van der Waals surface area contributed by atoms with Crippen LogP contribution in [0.1, 0.15) is 24.6 Å². The van der Waals surface area contributed by atoms with E-state index in [1.165, 1.54) is 12.8 Å². The predicted molar refractivity (Wildman–Crippen MR) is 62.4 cm³/mol. The number of urea groups is 1. The summed E-state index contributed by atoms with van der Waals surface area (Å²) < 4.78 is 1.88. The molecule has 1 aromatic rings. The molecule has 0 bridgehead atoms. The van der Waals surface area contributed by atoms with Crippen LogP contribution in [0.2, 0.25) is 0 Å². The van der Waals surface area contributed by atoms with Crippen LogP contribution in [0, 0.1) is 5.92 Å². The number of hydrogen-bond acceptors (Lipinski definition) is 3. The highest BCUT2D eigenvalue weighted by Gasteiger charge is 2.39. The first-order valence-corrected chi connectivity index (χ1v) is 5.77. The summed E-state index contributed by atoms with van der Waals surface area (Å²) in [7, 11) is 1.90. The lowest BCUT2D eigenvalue weighted by atomic mass is 10.1. The van der Waals surface area contributed by atoms with E-state index in [1.807, 2.05) is 11.6 Å². The fourth-order valence-corrected chi connectivity index (χ4v) is 2.21. The Hall–Kier alpha value is -1.85. The van der Waals surface area contributed by atoms with E-state index in [9.17, 15) is 4.79 Å². The van der Waals surface area contributed by atoms with Crippen LogP contribution < -0.4 is 5.73 Å². The minimum atomic E-state index is -0.240. The summed E-state index contributed by atoms with van der Waals surface area (Å²) in [5.41, 5.74) is 6.78. The van der Waals surface area contributed by atoms with Crippen molar-refractivity contribution < 1.29 is 4.79 Å². The molecule has 0 radical (unpaired) electrons. The molecule has 6 heteroatoms. The second-order valence-electron chi connectivity index (χ2n) is 4.75. The number of aromatic nitrogens is 2. The van der Waals surface area contributed by atoms with Crippen LogP contribution >= 0.6 is 0 Å². The van der Waals surface area contributed by atoms with E-state index in [0.717, 1.165) is 12.2 Å². The van der Waals surface area contributed by atoms with Crippen molar-refractivity contribution in [2.24, 2.45) is 23.7 Å². The van der Waals surface area contributed by atoms with Gasteiger partial charge in [0, 0.05) is 13.6 Å².